The molecular weight excluding hydrogens is 160 g/mol. The van der Waals surface area contributed by atoms with Crippen LogP contribution in [0.2, 0.25) is 0 Å². The SMILES string of the molecule is CC(C(=O)C1=CCCCC1)C1CC1. The van der Waals surface area contributed by atoms with Crippen LogP contribution in [0.25, 0.3) is 0 Å². The van der Waals surface area contributed by atoms with Crippen LogP contribution >= 0.6 is 0 Å². The van der Waals surface area contributed by atoms with Crippen molar-refractivity contribution >= 4 is 5.78 Å². The molecule has 0 bridgehead atoms. The van der Waals surface area contributed by atoms with Gasteiger partial charge >= 0.3 is 0 Å². The van der Waals surface area contributed by atoms with Gasteiger partial charge in [0.2, 0.25) is 0 Å². The maximum absolute atomic E-state index is 11.9. The predicted molar refractivity (Wildman–Crippen MR) is 53.4 cm³/mol. The fraction of sp³-hybridized carbons (Fsp3) is 0.750. The van der Waals surface area contributed by atoms with E-state index >= 15 is 0 Å². The van der Waals surface area contributed by atoms with Crippen molar-refractivity contribution in [3.05, 3.63) is 11.6 Å². The van der Waals surface area contributed by atoms with Gasteiger partial charge in [-0.2, -0.15) is 0 Å². The third-order valence-corrected chi connectivity index (χ3v) is 3.35. The first-order valence-corrected chi connectivity index (χ1v) is 5.52. The molecule has 1 nitrogen and oxygen atoms in total. The molecule has 0 radical (unpaired) electrons. The summed E-state index contributed by atoms with van der Waals surface area (Å²) in [4.78, 5) is 11.9. The van der Waals surface area contributed by atoms with E-state index in [1.807, 2.05) is 0 Å². The van der Waals surface area contributed by atoms with E-state index in [9.17, 15) is 4.79 Å². The Balaban J connectivity index is 1.98. The summed E-state index contributed by atoms with van der Waals surface area (Å²) < 4.78 is 0. The van der Waals surface area contributed by atoms with Gasteiger partial charge in [-0.15, -0.1) is 0 Å². The highest BCUT2D eigenvalue weighted by atomic mass is 16.1. The molecule has 0 N–H and O–H groups in total. The molecule has 1 fully saturated rings. The predicted octanol–water partition coefficient (Wildman–Crippen LogP) is 3.10. The number of rotatable bonds is 3. The van der Waals surface area contributed by atoms with Crippen molar-refractivity contribution in [3.63, 3.8) is 0 Å². The third kappa shape index (κ3) is 2.01. The van der Waals surface area contributed by atoms with Gasteiger partial charge < -0.3 is 0 Å². The lowest BCUT2D eigenvalue weighted by Crippen LogP contribution is -2.16. The van der Waals surface area contributed by atoms with Crippen LogP contribution in [-0.2, 0) is 4.79 Å². The number of allylic oxidation sites excluding steroid dienone is 2. The maximum atomic E-state index is 11.9. The Kier molecular flexibility index (Phi) is 2.52. The second-order valence-electron chi connectivity index (χ2n) is 4.47. The molecule has 0 amide bonds. The zero-order valence-corrected chi connectivity index (χ0v) is 8.38. The molecule has 72 valence electrons. The zero-order chi connectivity index (χ0) is 9.26. The van der Waals surface area contributed by atoms with E-state index in [1.165, 1.54) is 25.7 Å². The molecule has 1 saturated carbocycles. The van der Waals surface area contributed by atoms with Crippen LogP contribution in [0.3, 0.4) is 0 Å². The Hall–Kier alpha value is -0.590. The van der Waals surface area contributed by atoms with E-state index in [1.54, 1.807) is 0 Å². The van der Waals surface area contributed by atoms with E-state index < -0.39 is 0 Å². The lowest BCUT2D eigenvalue weighted by molar-refractivity contribution is -0.119. The number of carbonyl (C=O) groups is 1. The van der Waals surface area contributed by atoms with Crippen molar-refractivity contribution in [1.29, 1.82) is 0 Å². The summed E-state index contributed by atoms with van der Waals surface area (Å²) in [6.45, 7) is 2.11. The Morgan fingerprint density at radius 3 is 2.77 bits per heavy atom. The summed E-state index contributed by atoms with van der Waals surface area (Å²) in [6.07, 6.45) is 9.38. The highest BCUT2D eigenvalue weighted by Gasteiger charge is 2.33. The lowest BCUT2D eigenvalue weighted by Gasteiger charge is -2.15. The highest BCUT2D eigenvalue weighted by molar-refractivity contribution is 5.97. The van der Waals surface area contributed by atoms with Crippen LogP contribution in [0.1, 0.15) is 45.4 Å². The molecule has 13 heavy (non-hydrogen) atoms. The van der Waals surface area contributed by atoms with Crippen molar-refractivity contribution in [1.82, 2.24) is 0 Å². The summed E-state index contributed by atoms with van der Waals surface area (Å²) >= 11 is 0. The summed E-state index contributed by atoms with van der Waals surface area (Å²) in [5.74, 6) is 1.47. The summed E-state index contributed by atoms with van der Waals surface area (Å²) in [6, 6.07) is 0. The second-order valence-corrected chi connectivity index (χ2v) is 4.47. The largest absolute Gasteiger partial charge is 0.294 e. The third-order valence-electron chi connectivity index (χ3n) is 3.35. The van der Waals surface area contributed by atoms with Crippen LogP contribution in [0.4, 0.5) is 0 Å². The molecule has 2 aliphatic carbocycles. The fourth-order valence-electron chi connectivity index (χ4n) is 2.16. The molecule has 0 heterocycles. The van der Waals surface area contributed by atoms with E-state index in [2.05, 4.69) is 13.0 Å². The van der Waals surface area contributed by atoms with Gasteiger partial charge in [0.1, 0.15) is 0 Å². The van der Waals surface area contributed by atoms with Crippen LogP contribution in [-0.4, -0.2) is 5.78 Å². The first-order valence-electron chi connectivity index (χ1n) is 5.52. The number of hydrogen-bond donors (Lipinski definition) is 0. The number of Topliss-reactive ketones (excluding diaryl/α,β-unsaturated/α-hetero) is 1. The molecule has 0 saturated heterocycles. The topological polar surface area (TPSA) is 17.1 Å². The molecule has 2 rings (SSSR count). The summed E-state index contributed by atoms with van der Waals surface area (Å²) in [5, 5.41) is 0. The minimum absolute atomic E-state index is 0.310. The summed E-state index contributed by atoms with van der Waals surface area (Å²) in [7, 11) is 0. The van der Waals surface area contributed by atoms with E-state index in [0.29, 0.717) is 11.7 Å². The molecule has 0 aromatic carbocycles. The Labute approximate surface area is 80.2 Å². The lowest BCUT2D eigenvalue weighted by atomic mass is 9.88. The second kappa shape index (κ2) is 3.65. The first kappa shape index (κ1) is 8.98. The molecular formula is C12H18O. The molecule has 0 spiro atoms. The zero-order valence-electron chi connectivity index (χ0n) is 8.38. The molecule has 1 heteroatoms. The van der Waals surface area contributed by atoms with Crippen molar-refractivity contribution in [2.45, 2.75) is 45.4 Å². The normalized spacial score (nSPS) is 25.2. The van der Waals surface area contributed by atoms with Gasteiger partial charge in [0.25, 0.3) is 0 Å². The van der Waals surface area contributed by atoms with Gasteiger partial charge in [-0.3, -0.25) is 4.79 Å². The van der Waals surface area contributed by atoms with Gasteiger partial charge in [0.05, 0.1) is 0 Å². The van der Waals surface area contributed by atoms with E-state index in [4.69, 9.17) is 0 Å². The Bertz CT molecular complexity index is 236. The van der Waals surface area contributed by atoms with Crippen LogP contribution in [0.15, 0.2) is 11.6 Å². The van der Waals surface area contributed by atoms with Gasteiger partial charge in [-0.1, -0.05) is 13.0 Å². The van der Waals surface area contributed by atoms with Gasteiger partial charge in [0.15, 0.2) is 5.78 Å². The molecule has 0 aliphatic heterocycles. The molecule has 1 unspecified atom stereocenters. The van der Waals surface area contributed by atoms with Crippen molar-refractivity contribution < 1.29 is 4.79 Å². The van der Waals surface area contributed by atoms with E-state index in [-0.39, 0.29) is 0 Å². The molecule has 0 aromatic heterocycles. The van der Waals surface area contributed by atoms with Gasteiger partial charge in [-0.25, -0.2) is 0 Å². The highest BCUT2D eigenvalue weighted by Crippen LogP contribution is 2.38. The minimum Gasteiger partial charge on any atom is -0.294 e. The van der Waals surface area contributed by atoms with Gasteiger partial charge in [-0.05, 0) is 50.0 Å². The fourth-order valence-corrected chi connectivity index (χ4v) is 2.16. The Morgan fingerprint density at radius 1 is 1.46 bits per heavy atom. The average molecular weight is 178 g/mol. The molecule has 2 aliphatic rings. The number of ketones is 1. The summed E-state index contributed by atoms with van der Waals surface area (Å²) in [5.41, 5.74) is 1.13. The Morgan fingerprint density at radius 2 is 2.23 bits per heavy atom. The van der Waals surface area contributed by atoms with Crippen molar-refractivity contribution in [2.24, 2.45) is 11.8 Å². The average Bonchev–Trinajstić information content (AvgIpc) is 3.00. The van der Waals surface area contributed by atoms with Crippen molar-refractivity contribution in [2.75, 3.05) is 0 Å². The minimum atomic E-state index is 0.310. The number of hydrogen-bond acceptors (Lipinski definition) is 1. The van der Waals surface area contributed by atoms with Crippen LogP contribution < -0.4 is 0 Å². The quantitative estimate of drug-likeness (QED) is 0.649. The first-order chi connectivity index (χ1) is 6.29. The van der Waals surface area contributed by atoms with Crippen LogP contribution in [0.5, 0.6) is 0 Å². The van der Waals surface area contributed by atoms with E-state index in [0.717, 1.165) is 24.3 Å². The monoisotopic (exact) mass is 178 g/mol. The van der Waals surface area contributed by atoms with Crippen molar-refractivity contribution in [3.8, 4) is 0 Å². The standard InChI is InChI=1S/C12H18O/c1-9(10-7-8-10)12(13)11-5-3-2-4-6-11/h5,9-10H,2-4,6-8H2,1H3. The maximum Gasteiger partial charge on any atom is 0.161 e. The number of carbonyl (C=O) groups excluding carboxylic acids is 1. The van der Waals surface area contributed by atoms with Crippen LogP contribution in [0, 0.1) is 11.8 Å². The van der Waals surface area contributed by atoms with Gasteiger partial charge in [0, 0.05) is 5.92 Å². The molecule has 1 atom stereocenters. The molecule has 0 aromatic rings. The smallest absolute Gasteiger partial charge is 0.161 e.